The highest BCUT2D eigenvalue weighted by atomic mass is 19.1. The molecule has 1 aromatic rings. The molecule has 0 fully saturated rings. The van der Waals surface area contributed by atoms with Crippen molar-refractivity contribution in [2.24, 2.45) is 5.73 Å². The number of aryl methyl sites for hydroxylation is 1. The quantitative estimate of drug-likeness (QED) is 0.773. The molecule has 0 heterocycles. The van der Waals surface area contributed by atoms with Crippen LogP contribution in [0.3, 0.4) is 0 Å². The molecule has 6 nitrogen and oxygen atoms in total. The lowest BCUT2D eigenvalue weighted by Crippen LogP contribution is -2.46. The molecule has 0 aliphatic carbocycles. The molecule has 0 aliphatic heterocycles. The van der Waals surface area contributed by atoms with Crippen LogP contribution in [0.25, 0.3) is 0 Å². The molecule has 0 aromatic heterocycles. The number of hydrogen-bond donors (Lipinski definition) is 2. The Morgan fingerprint density at radius 2 is 2.12 bits per heavy atom. The summed E-state index contributed by atoms with van der Waals surface area (Å²) in [6.07, 6.45) is 0. The van der Waals surface area contributed by atoms with Crippen LogP contribution in [0.15, 0.2) is 18.2 Å². The van der Waals surface area contributed by atoms with Gasteiger partial charge in [0.15, 0.2) is 0 Å². The zero-order valence-corrected chi connectivity index (χ0v) is 9.36. The summed E-state index contributed by atoms with van der Waals surface area (Å²) < 4.78 is 13.0. The molecule has 0 atom stereocenters. The SMILES string of the molecule is CC(=O)ON(NC(N)=O)c1ccc(F)c(C)c1. The lowest BCUT2D eigenvalue weighted by Gasteiger charge is -2.21. The Hall–Kier alpha value is -2.31. The second kappa shape index (κ2) is 5.15. The van der Waals surface area contributed by atoms with Crippen molar-refractivity contribution < 1.29 is 18.8 Å². The van der Waals surface area contributed by atoms with Gasteiger partial charge in [-0.25, -0.2) is 19.4 Å². The number of anilines is 1. The first-order valence-corrected chi connectivity index (χ1v) is 4.71. The minimum absolute atomic E-state index is 0.276. The van der Waals surface area contributed by atoms with E-state index in [4.69, 9.17) is 10.6 Å². The van der Waals surface area contributed by atoms with Crippen LogP contribution >= 0.6 is 0 Å². The number of nitrogens with two attached hydrogens (primary N) is 1. The van der Waals surface area contributed by atoms with Gasteiger partial charge in [0.05, 0.1) is 0 Å². The Morgan fingerprint density at radius 3 is 2.59 bits per heavy atom. The molecule has 3 N–H and O–H groups in total. The van der Waals surface area contributed by atoms with Crippen LogP contribution in [0.1, 0.15) is 12.5 Å². The van der Waals surface area contributed by atoms with E-state index >= 15 is 0 Å². The number of rotatable bonds is 3. The van der Waals surface area contributed by atoms with Gasteiger partial charge in [-0.3, -0.25) is 0 Å². The summed E-state index contributed by atoms with van der Waals surface area (Å²) in [5.41, 5.74) is 7.61. The van der Waals surface area contributed by atoms with Gasteiger partial charge in [0.2, 0.25) is 0 Å². The molecule has 92 valence electrons. The lowest BCUT2D eigenvalue weighted by molar-refractivity contribution is -0.143. The van der Waals surface area contributed by atoms with Gasteiger partial charge in [0.25, 0.3) is 0 Å². The number of nitrogens with zero attached hydrogens (tertiary/aromatic N) is 1. The maximum absolute atomic E-state index is 13.0. The first-order chi connectivity index (χ1) is 7.90. The smallest absolute Gasteiger partial charge is 0.333 e. The van der Waals surface area contributed by atoms with Crippen molar-refractivity contribution in [3.05, 3.63) is 29.6 Å². The first kappa shape index (κ1) is 12.8. The highest BCUT2D eigenvalue weighted by molar-refractivity contribution is 5.75. The Bertz CT molecular complexity index is 434. The van der Waals surface area contributed by atoms with Gasteiger partial charge in [-0.1, -0.05) is 0 Å². The summed E-state index contributed by atoms with van der Waals surface area (Å²) in [4.78, 5) is 26.3. The lowest BCUT2D eigenvalue weighted by atomic mass is 10.2. The fraction of sp³-hybridized carbons (Fsp3) is 0.200. The van der Waals surface area contributed by atoms with Crippen molar-refractivity contribution in [2.45, 2.75) is 13.8 Å². The van der Waals surface area contributed by atoms with Gasteiger partial charge in [-0.2, -0.15) is 0 Å². The average molecular weight is 241 g/mol. The molecule has 0 radical (unpaired) electrons. The molecule has 0 unspecified atom stereocenters. The molecule has 0 aliphatic rings. The number of primary amides is 1. The summed E-state index contributed by atoms with van der Waals surface area (Å²) in [5, 5.41) is 0.775. The minimum atomic E-state index is -0.909. The summed E-state index contributed by atoms with van der Waals surface area (Å²) in [5.74, 6) is -1.06. The highest BCUT2D eigenvalue weighted by Gasteiger charge is 2.13. The number of halogens is 1. The monoisotopic (exact) mass is 241 g/mol. The van der Waals surface area contributed by atoms with Crippen LogP contribution in [-0.4, -0.2) is 12.0 Å². The standard InChI is InChI=1S/C10H12FN3O3/c1-6-5-8(3-4-9(6)11)14(13-10(12)16)17-7(2)15/h3-5H,1-2H3,(H3,12,13,16). The van der Waals surface area contributed by atoms with Crippen molar-refractivity contribution in [3.63, 3.8) is 0 Å². The number of carbonyl (C=O) groups is 2. The predicted octanol–water partition coefficient (Wildman–Crippen LogP) is 1.00. The average Bonchev–Trinajstić information content (AvgIpc) is 2.19. The van der Waals surface area contributed by atoms with Crippen molar-refractivity contribution in [1.82, 2.24) is 5.43 Å². The molecular weight excluding hydrogens is 229 g/mol. The number of benzene rings is 1. The van der Waals surface area contributed by atoms with Gasteiger partial charge >= 0.3 is 12.0 Å². The van der Waals surface area contributed by atoms with Gasteiger partial charge in [0, 0.05) is 6.92 Å². The molecule has 7 heteroatoms. The maximum Gasteiger partial charge on any atom is 0.333 e. The zero-order chi connectivity index (χ0) is 13.0. The van der Waals surface area contributed by atoms with Crippen LogP contribution in [0.2, 0.25) is 0 Å². The van der Waals surface area contributed by atoms with E-state index in [1.165, 1.54) is 25.1 Å². The van der Waals surface area contributed by atoms with Gasteiger partial charge in [-0.15, -0.1) is 5.17 Å². The van der Waals surface area contributed by atoms with Crippen LogP contribution in [-0.2, 0) is 9.63 Å². The van der Waals surface area contributed by atoms with E-state index in [1.807, 2.05) is 0 Å². The number of amides is 2. The van der Waals surface area contributed by atoms with Crippen molar-refractivity contribution in [2.75, 3.05) is 5.17 Å². The Labute approximate surface area is 97.1 Å². The van der Waals surface area contributed by atoms with E-state index in [0.29, 0.717) is 5.56 Å². The Kier molecular flexibility index (Phi) is 3.86. The Morgan fingerprint density at radius 1 is 1.47 bits per heavy atom. The minimum Gasteiger partial charge on any atom is -0.350 e. The van der Waals surface area contributed by atoms with Crippen molar-refractivity contribution in [3.8, 4) is 0 Å². The number of carbonyl (C=O) groups excluding carboxylic acids is 2. The normalized spacial score (nSPS) is 9.59. The number of urea groups is 1. The van der Waals surface area contributed by atoms with Crippen LogP contribution in [0.4, 0.5) is 14.9 Å². The molecule has 2 amide bonds. The second-order valence-electron chi connectivity index (χ2n) is 3.29. The third-order valence-corrected chi connectivity index (χ3v) is 1.81. The molecule has 0 spiro atoms. The highest BCUT2D eigenvalue weighted by Crippen LogP contribution is 2.17. The largest absolute Gasteiger partial charge is 0.350 e. The van der Waals surface area contributed by atoms with E-state index in [2.05, 4.69) is 5.43 Å². The summed E-state index contributed by atoms with van der Waals surface area (Å²) in [6, 6.07) is 3.01. The summed E-state index contributed by atoms with van der Waals surface area (Å²) in [6.45, 7) is 2.70. The van der Waals surface area contributed by atoms with Crippen LogP contribution in [0.5, 0.6) is 0 Å². The topological polar surface area (TPSA) is 84.7 Å². The second-order valence-corrected chi connectivity index (χ2v) is 3.29. The van der Waals surface area contributed by atoms with Gasteiger partial charge in [-0.05, 0) is 30.7 Å². The molecule has 0 bridgehead atoms. The number of hydrazine groups is 1. The fourth-order valence-electron chi connectivity index (χ4n) is 1.12. The van der Waals surface area contributed by atoms with Gasteiger partial charge < -0.3 is 10.6 Å². The fourth-order valence-corrected chi connectivity index (χ4v) is 1.12. The number of nitrogens with one attached hydrogen (secondary N) is 1. The summed E-state index contributed by atoms with van der Waals surface area (Å²) >= 11 is 0. The molecule has 17 heavy (non-hydrogen) atoms. The third kappa shape index (κ3) is 3.63. The first-order valence-electron chi connectivity index (χ1n) is 4.71. The molecule has 0 saturated heterocycles. The zero-order valence-electron chi connectivity index (χ0n) is 9.36. The molecule has 1 aromatic carbocycles. The van der Waals surface area contributed by atoms with E-state index in [0.717, 1.165) is 12.1 Å². The van der Waals surface area contributed by atoms with Gasteiger partial charge in [0.1, 0.15) is 11.5 Å². The third-order valence-electron chi connectivity index (χ3n) is 1.81. The molecule has 0 saturated carbocycles. The van der Waals surface area contributed by atoms with E-state index in [-0.39, 0.29) is 5.69 Å². The molecule has 1 rings (SSSR count). The van der Waals surface area contributed by atoms with E-state index in [1.54, 1.807) is 0 Å². The predicted molar refractivity (Wildman–Crippen MR) is 58.1 cm³/mol. The number of hydrogen-bond acceptors (Lipinski definition) is 4. The van der Waals surface area contributed by atoms with E-state index in [9.17, 15) is 14.0 Å². The van der Waals surface area contributed by atoms with Crippen molar-refractivity contribution in [1.29, 1.82) is 0 Å². The van der Waals surface area contributed by atoms with Crippen LogP contribution < -0.4 is 16.3 Å². The molecular formula is C10H12FN3O3. The van der Waals surface area contributed by atoms with Crippen molar-refractivity contribution >= 4 is 17.7 Å². The van der Waals surface area contributed by atoms with E-state index < -0.39 is 17.8 Å². The summed E-state index contributed by atoms with van der Waals surface area (Å²) in [7, 11) is 0. The Balaban J connectivity index is 2.98. The maximum atomic E-state index is 13.0. The van der Waals surface area contributed by atoms with Crippen LogP contribution in [0, 0.1) is 12.7 Å².